The van der Waals surface area contributed by atoms with E-state index in [4.69, 9.17) is 27.9 Å². The van der Waals surface area contributed by atoms with E-state index in [-0.39, 0.29) is 11.9 Å². The Morgan fingerprint density at radius 1 is 1.38 bits per heavy atom. The summed E-state index contributed by atoms with van der Waals surface area (Å²) in [7, 11) is 0. The number of carbonyl (C=O) groups excluding carboxylic acids is 1. The van der Waals surface area contributed by atoms with Crippen LogP contribution in [0.1, 0.15) is 5.56 Å². The molecule has 2 rings (SSSR count). The van der Waals surface area contributed by atoms with Gasteiger partial charge in [-0.3, -0.25) is 0 Å². The standard InChI is InChI=1S/C12H10Cl2O2/c13-6-9-7-16-12(15)10(9)11(14)8-4-2-1-3-5-8/h1-5,9H,6-7H2/b11-10-. The first kappa shape index (κ1) is 11.5. The van der Waals surface area contributed by atoms with Gasteiger partial charge in [0, 0.05) is 11.8 Å². The largest absolute Gasteiger partial charge is 0.462 e. The summed E-state index contributed by atoms with van der Waals surface area (Å²) in [5, 5.41) is 0.439. The maximum atomic E-state index is 11.5. The Kier molecular flexibility index (Phi) is 3.52. The Morgan fingerprint density at radius 3 is 2.69 bits per heavy atom. The van der Waals surface area contributed by atoms with Crippen LogP contribution >= 0.6 is 23.2 Å². The number of esters is 1. The Bertz CT molecular complexity index is 426. The highest BCUT2D eigenvalue weighted by atomic mass is 35.5. The lowest BCUT2D eigenvalue weighted by Crippen LogP contribution is -2.06. The zero-order valence-corrected chi connectivity index (χ0v) is 9.96. The lowest BCUT2D eigenvalue weighted by Gasteiger charge is -2.06. The van der Waals surface area contributed by atoms with Gasteiger partial charge in [0.2, 0.25) is 0 Å². The fourth-order valence-corrected chi connectivity index (χ4v) is 2.24. The van der Waals surface area contributed by atoms with Crippen molar-refractivity contribution >= 4 is 34.2 Å². The van der Waals surface area contributed by atoms with E-state index in [1.807, 2.05) is 30.3 Å². The fraction of sp³-hybridized carbons (Fsp3) is 0.250. The lowest BCUT2D eigenvalue weighted by molar-refractivity contribution is -0.135. The monoisotopic (exact) mass is 256 g/mol. The topological polar surface area (TPSA) is 26.3 Å². The molecule has 84 valence electrons. The van der Waals surface area contributed by atoms with Gasteiger partial charge in [-0.2, -0.15) is 0 Å². The molecule has 0 aliphatic carbocycles. The average Bonchev–Trinajstić information content (AvgIpc) is 2.70. The van der Waals surface area contributed by atoms with E-state index in [9.17, 15) is 4.79 Å². The minimum Gasteiger partial charge on any atom is -0.462 e. The van der Waals surface area contributed by atoms with Crippen molar-refractivity contribution in [3.05, 3.63) is 41.5 Å². The van der Waals surface area contributed by atoms with Crippen molar-refractivity contribution in [3.63, 3.8) is 0 Å². The number of ether oxygens (including phenoxy) is 1. The van der Waals surface area contributed by atoms with Crippen molar-refractivity contribution in [2.45, 2.75) is 0 Å². The van der Waals surface area contributed by atoms with Crippen LogP contribution in [-0.4, -0.2) is 18.5 Å². The van der Waals surface area contributed by atoms with Crippen LogP contribution in [0.5, 0.6) is 0 Å². The zero-order chi connectivity index (χ0) is 11.5. The van der Waals surface area contributed by atoms with E-state index in [0.29, 0.717) is 23.1 Å². The van der Waals surface area contributed by atoms with E-state index in [1.165, 1.54) is 0 Å². The number of cyclic esters (lactones) is 1. The summed E-state index contributed by atoms with van der Waals surface area (Å²) in [6.45, 7) is 0.320. The highest BCUT2D eigenvalue weighted by Crippen LogP contribution is 2.33. The van der Waals surface area contributed by atoms with E-state index < -0.39 is 0 Å². The fourth-order valence-electron chi connectivity index (χ4n) is 1.63. The van der Waals surface area contributed by atoms with E-state index in [0.717, 1.165) is 5.56 Å². The van der Waals surface area contributed by atoms with Crippen LogP contribution in [0.2, 0.25) is 0 Å². The smallest absolute Gasteiger partial charge is 0.336 e. The number of benzene rings is 1. The van der Waals surface area contributed by atoms with Crippen molar-refractivity contribution in [2.24, 2.45) is 5.92 Å². The van der Waals surface area contributed by atoms with Crippen LogP contribution < -0.4 is 0 Å². The van der Waals surface area contributed by atoms with Gasteiger partial charge in [-0.1, -0.05) is 41.9 Å². The van der Waals surface area contributed by atoms with Gasteiger partial charge in [-0.15, -0.1) is 11.6 Å². The molecule has 2 nitrogen and oxygen atoms in total. The molecule has 0 spiro atoms. The molecule has 1 aliphatic heterocycles. The molecule has 0 radical (unpaired) electrons. The molecule has 0 N–H and O–H groups in total. The van der Waals surface area contributed by atoms with Gasteiger partial charge in [0.25, 0.3) is 0 Å². The number of alkyl halides is 1. The van der Waals surface area contributed by atoms with Gasteiger partial charge in [0.1, 0.15) is 0 Å². The Morgan fingerprint density at radius 2 is 2.06 bits per heavy atom. The molecular formula is C12H10Cl2O2. The predicted molar refractivity (Wildman–Crippen MR) is 64.4 cm³/mol. The molecule has 1 atom stereocenters. The zero-order valence-electron chi connectivity index (χ0n) is 8.45. The Labute approximate surface area is 104 Å². The predicted octanol–water partition coefficient (Wildman–Crippen LogP) is 3.05. The van der Waals surface area contributed by atoms with Gasteiger partial charge in [-0.25, -0.2) is 4.79 Å². The molecule has 0 amide bonds. The summed E-state index contributed by atoms with van der Waals surface area (Å²) in [4.78, 5) is 11.5. The number of carbonyl (C=O) groups is 1. The highest BCUT2D eigenvalue weighted by molar-refractivity contribution is 6.51. The van der Waals surface area contributed by atoms with Crippen molar-refractivity contribution in [1.29, 1.82) is 0 Å². The average molecular weight is 257 g/mol. The molecule has 4 heteroatoms. The van der Waals surface area contributed by atoms with Crippen molar-refractivity contribution in [3.8, 4) is 0 Å². The van der Waals surface area contributed by atoms with Crippen LogP contribution in [0, 0.1) is 5.92 Å². The van der Waals surface area contributed by atoms with Crippen LogP contribution in [0.15, 0.2) is 35.9 Å². The minimum atomic E-state index is -0.362. The van der Waals surface area contributed by atoms with Crippen LogP contribution in [0.4, 0.5) is 0 Å². The van der Waals surface area contributed by atoms with Crippen molar-refractivity contribution < 1.29 is 9.53 Å². The van der Waals surface area contributed by atoms with E-state index >= 15 is 0 Å². The number of halogens is 2. The second kappa shape index (κ2) is 4.89. The molecule has 1 unspecified atom stereocenters. The Hall–Kier alpha value is -0.990. The number of rotatable bonds is 2. The first-order chi connectivity index (χ1) is 7.74. The molecule has 1 heterocycles. The summed E-state index contributed by atoms with van der Waals surface area (Å²) in [5.41, 5.74) is 1.30. The van der Waals surface area contributed by atoms with E-state index in [1.54, 1.807) is 0 Å². The van der Waals surface area contributed by atoms with Gasteiger partial charge in [-0.05, 0) is 5.56 Å². The third-order valence-corrected chi connectivity index (χ3v) is 3.29. The maximum Gasteiger partial charge on any atom is 0.336 e. The van der Waals surface area contributed by atoms with E-state index in [2.05, 4.69) is 0 Å². The summed E-state index contributed by atoms with van der Waals surface area (Å²) >= 11 is 12.0. The van der Waals surface area contributed by atoms with Crippen LogP contribution in [-0.2, 0) is 9.53 Å². The number of hydrogen-bond acceptors (Lipinski definition) is 2. The van der Waals surface area contributed by atoms with Crippen LogP contribution in [0.25, 0.3) is 5.03 Å². The molecule has 0 saturated carbocycles. The molecule has 1 aromatic carbocycles. The van der Waals surface area contributed by atoms with Gasteiger partial charge >= 0.3 is 5.97 Å². The Balaban J connectivity index is 2.43. The normalized spacial score (nSPS) is 23.1. The maximum absolute atomic E-state index is 11.5. The quantitative estimate of drug-likeness (QED) is 0.462. The summed E-state index contributed by atoms with van der Waals surface area (Å²) in [6, 6.07) is 9.34. The van der Waals surface area contributed by atoms with Gasteiger partial charge in [0.05, 0.1) is 17.2 Å². The third kappa shape index (κ3) is 2.08. The molecule has 1 fully saturated rings. The molecule has 1 aromatic rings. The summed E-state index contributed by atoms with van der Waals surface area (Å²) < 4.78 is 4.95. The summed E-state index contributed by atoms with van der Waals surface area (Å²) in [6.07, 6.45) is 0. The van der Waals surface area contributed by atoms with Crippen molar-refractivity contribution in [1.82, 2.24) is 0 Å². The number of hydrogen-bond donors (Lipinski definition) is 0. The van der Waals surface area contributed by atoms with Crippen LogP contribution in [0.3, 0.4) is 0 Å². The molecule has 0 bridgehead atoms. The first-order valence-electron chi connectivity index (χ1n) is 4.92. The first-order valence-corrected chi connectivity index (χ1v) is 5.83. The van der Waals surface area contributed by atoms with Gasteiger partial charge in [0.15, 0.2) is 0 Å². The highest BCUT2D eigenvalue weighted by Gasteiger charge is 2.32. The SMILES string of the molecule is O=C1OCC(CCl)/C1=C(/Cl)c1ccccc1. The molecule has 0 aromatic heterocycles. The minimum absolute atomic E-state index is 0.109. The second-order valence-corrected chi connectivity index (χ2v) is 4.23. The second-order valence-electron chi connectivity index (χ2n) is 3.54. The molecule has 16 heavy (non-hydrogen) atoms. The molecule has 1 aliphatic rings. The van der Waals surface area contributed by atoms with Crippen molar-refractivity contribution in [2.75, 3.05) is 12.5 Å². The summed E-state index contributed by atoms with van der Waals surface area (Å²) in [5.74, 6) is -0.134. The lowest BCUT2D eigenvalue weighted by atomic mass is 10.0. The third-order valence-electron chi connectivity index (χ3n) is 2.49. The molecular weight excluding hydrogens is 247 g/mol. The molecule has 1 saturated heterocycles. The van der Waals surface area contributed by atoms with Gasteiger partial charge < -0.3 is 4.74 Å².